The van der Waals surface area contributed by atoms with Gasteiger partial charge in [-0.1, -0.05) is 31.1 Å². The number of nitrogens with two attached hydrogens (primary N) is 1. The van der Waals surface area contributed by atoms with Gasteiger partial charge in [0, 0.05) is 18.9 Å². The van der Waals surface area contributed by atoms with Gasteiger partial charge in [-0.15, -0.1) is 0 Å². The molecule has 0 bridgehead atoms. The molecule has 1 aromatic carbocycles. The Morgan fingerprint density at radius 2 is 2.04 bits per heavy atom. The second kappa shape index (κ2) is 7.69. The molecule has 0 amide bonds. The van der Waals surface area contributed by atoms with Gasteiger partial charge >= 0.3 is 6.92 Å². The Kier molecular flexibility index (Phi) is 5.89. The van der Waals surface area contributed by atoms with Crippen LogP contribution < -0.4 is 15.9 Å². The predicted octanol–water partition coefficient (Wildman–Crippen LogP) is 0.535. The van der Waals surface area contributed by atoms with Gasteiger partial charge in [0.05, 0.1) is 6.10 Å². The molecule has 1 aliphatic heterocycles. The van der Waals surface area contributed by atoms with E-state index in [0.717, 1.165) is 0 Å². The molecule has 1 atom stereocenters. The van der Waals surface area contributed by atoms with Gasteiger partial charge in [0.15, 0.2) is 0 Å². The zero-order valence-electron chi connectivity index (χ0n) is 13.1. The maximum absolute atomic E-state index is 11.0. The number of hydrogen-bond donors (Lipinski definition) is 2. The molecule has 2 heterocycles. The lowest BCUT2D eigenvalue weighted by Crippen LogP contribution is -2.23. The Morgan fingerprint density at radius 1 is 1.30 bits per heavy atom. The molecule has 0 radical (unpaired) electrons. The van der Waals surface area contributed by atoms with Crippen LogP contribution in [-0.2, 0) is 14.7 Å². The number of rotatable bonds is 3. The lowest BCUT2D eigenvalue weighted by Gasteiger charge is -2.08. The van der Waals surface area contributed by atoms with Crippen LogP contribution in [-0.4, -0.2) is 33.9 Å². The smallest absolute Gasteiger partial charge is 0.324 e. The molecule has 0 aliphatic carbocycles. The lowest BCUT2D eigenvalue weighted by atomic mass is 9.64. The van der Waals surface area contributed by atoms with Crippen molar-refractivity contribution in [3.63, 3.8) is 0 Å². The summed E-state index contributed by atoms with van der Waals surface area (Å²) in [4.78, 5) is 3.86. The quantitative estimate of drug-likeness (QED) is 0.800. The van der Waals surface area contributed by atoms with Crippen molar-refractivity contribution >= 4 is 22.4 Å². The summed E-state index contributed by atoms with van der Waals surface area (Å²) in [5.74, 6) is 0. The molecular formula is C15H20BN3O3S. The molecule has 0 fully saturated rings. The van der Waals surface area contributed by atoms with Crippen molar-refractivity contribution in [1.29, 1.82) is 0 Å². The van der Waals surface area contributed by atoms with Gasteiger partial charge < -0.3 is 10.4 Å². The molecule has 3 N–H and O–H groups in total. The van der Waals surface area contributed by atoms with Crippen LogP contribution in [0, 0.1) is 0 Å². The number of fused-ring (bicyclic) bond motifs is 1. The highest BCUT2D eigenvalue weighted by Crippen LogP contribution is 2.22. The van der Waals surface area contributed by atoms with Crippen molar-refractivity contribution < 1.29 is 13.1 Å². The zero-order valence-corrected chi connectivity index (χ0v) is 14.0. The molecule has 122 valence electrons. The number of hydrogen-bond acceptors (Lipinski definition) is 5. The molecule has 23 heavy (non-hydrogen) atoms. The predicted molar refractivity (Wildman–Crippen MR) is 91.1 cm³/mol. The minimum absolute atomic E-state index is 0.108. The molecule has 0 spiro atoms. The first-order valence-corrected chi connectivity index (χ1v) is 8.76. The maximum Gasteiger partial charge on any atom is 0.324 e. The minimum atomic E-state index is -3.31. The molecule has 8 heteroatoms. The van der Waals surface area contributed by atoms with Crippen molar-refractivity contribution in [2.75, 3.05) is 13.6 Å². The van der Waals surface area contributed by atoms with E-state index in [4.69, 9.17) is 10.4 Å². The van der Waals surface area contributed by atoms with Crippen molar-refractivity contribution in [2.24, 2.45) is 5.73 Å². The number of nitrogens with zero attached hydrogens (tertiary/aromatic N) is 1. The summed E-state index contributed by atoms with van der Waals surface area (Å²) in [6, 6.07) is 11.3. The summed E-state index contributed by atoms with van der Waals surface area (Å²) in [7, 11) is -1.95. The van der Waals surface area contributed by atoms with Crippen LogP contribution in [0.15, 0.2) is 53.7 Å². The number of nitrogens with one attached hydrogen (secondary N) is 1. The van der Waals surface area contributed by atoms with Crippen LogP contribution in [0.5, 0.6) is 0 Å². The van der Waals surface area contributed by atoms with E-state index < -0.39 is 10.0 Å². The van der Waals surface area contributed by atoms with Crippen molar-refractivity contribution in [3.8, 4) is 0 Å². The van der Waals surface area contributed by atoms with Gasteiger partial charge in [0.25, 0.3) is 0 Å². The Labute approximate surface area is 137 Å². The molecule has 1 aromatic heterocycles. The molecule has 3 rings (SSSR count). The number of pyridine rings is 1. The third kappa shape index (κ3) is 4.17. The number of benzene rings is 1. The first-order valence-electron chi connectivity index (χ1n) is 7.27. The fourth-order valence-electron chi connectivity index (χ4n) is 2.37. The van der Waals surface area contributed by atoms with E-state index in [-0.39, 0.29) is 17.9 Å². The second-order valence-corrected chi connectivity index (χ2v) is 6.91. The van der Waals surface area contributed by atoms with Crippen LogP contribution in [0.1, 0.15) is 11.7 Å². The first kappa shape index (κ1) is 17.6. The normalized spacial score (nSPS) is 16.5. The summed E-state index contributed by atoms with van der Waals surface area (Å²) < 4.78 is 29.9. The van der Waals surface area contributed by atoms with Gasteiger partial charge in [-0.3, -0.25) is 4.98 Å². The van der Waals surface area contributed by atoms with Gasteiger partial charge in [-0.25, -0.2) is 13.1 Å². The van der Waals surface area contributed by atoms with E-state index in [0.29, 0.717) is 6.54 Å². The van der Waals surface area contributed by atoms with E-state index in [1.165, 1.54) is 36.5 Å². The van der Waals surface area contributed by atoms with Crippen molar-refractivity contribution in [3.05, 3.63) is 54.4 Å². The Morgan fingerprint density at radius 3 is 2.65 bits per heavy atom. The first-order chi connectivity index (χ1) is 11.0. The molecule has 1 aliphatic rings. The SMILES string of the molecule is CB1OC(CN)c2ccccc21.CNS(=O)(=O)c1cccnc1. The van der Waals surface area contributed by atoms with Crippen molar-refractivity contribution in [2.45, 2.75) is 17.8 Å². The topological polar surface area (TPSA) is 94.3 Å². The second-order valence-electron chi connectivity index (χ2n) is 5.03. The molecular weight excluding hydrogens is 313 g/mol. The van der Waals surface area contributed by atoms with Gasteiger partial charge in [0.1, 0.15) is 4.90 Å². The molecule has 1 unspecified atom stereocenters. The van der Waals surface area contributed by atoms with E-state index >= 15 is 0 Å². The third-order valence-electron chi connectivity index (χ3n) is 3.58. The summed E-state index contributed by atoms with van der Waals surface area (Å²) in [5, 5.41) is 0. The monoisotopic (exact) mass is 333 g/mol. The Balaban J connectivity index is 0.000000168. The van der Waals surface area contributed by atoms with E-state index in [2.05, 4.69) is 28.7 Å². The van der Waals surface area contributed by atoms with Crippen LogP contribution >= 0.6 is 0 Å². The fraction of sp³-hybridized carbons (Fsp3) is 0.267. The van der Waals surface area contributed by atoms with E-state index in [1.54, 1.807) is 6.07 Å². The van der Waals surface area contributed by atoms with Crippen LogP contribution in [0.2, 0.25) is 6.82 Å². The van der Waals surface area contributed by atoms with Gasteiger partial charge in [0.2, 0.25) is 10.0 Å². The summed E-state index contributed by atoms with van der Waals surface area (Å²) in [5.41, 5.74) is 8.13. The van der Waals surface area contributed by atoms with Crippen molar-refractivity contribution in [1.82, 2.24) is 9.71 Å². The third-order valence-corrected chi connectivity index (χ3v) is 4.98. The van der Waals surface area contributed by atoms with Gasteiger partial charge in [-0.05, 0) is 30.2 Å². The molecule has 0 saturated heterocycles. The van der Waals surface area contributed by atoms with Crippen LogP contribution in [0.3, 0.4) is 0 Å². The fourth-order valence-corrected chi connectivity index (χ4v) is 3.07. The van der Waals surface area contributed by atoms with Gasteiger partial charge in [-0.2, -0.15) is 0 Å². The molecule has 2 aromatic rings. The maximum atomic E-state index is 11.0. The van der Waals surface area contributed by atoms with E-state index in [9.17, 15) is 8.42 Å². The van der Waals surface area contributed by atoms with E-state index in [1.807, 2.05) is 12.1 Å². The zero-order chi connectivity index (χ0) is 16.9. The summed E-state index contributed by atoms with van der Waals surface area (Å²) in [6.45, 7) is 2.84. The summed E-state index contributed by atoms with van der Waals surface area (Å²) >= 11 is 0. The number of aromatic nitrogens is 1. The molecule has 0 saturated carbocycles. The highest BCUT2D eigenvalue weighted by atomic mass is 32.2. The summed E-state index contributed by atoms with van der Waals surface area (Å²) in [6.07, 6.45) is 2.93. The largest absolute Gasteiger partial charge is 0.423 e. The average molecular weight is 333 g/mol. The number of sulfonamides is 1. The Bertz CT molecular complexity index is 741. The minimum Gasteiger partial charge on any atom is -0.423 e. The lowest BCUT2D eigenvalue weighted by molar-refractivity contribution is 0.235. The van der Waals surface area contributed by atoms with Crippen LogP contribution in [0.25, 0.3) is 0 Å². The Hall–Kier alpha value is -1.74. The highest BCUT2D eigenvalue weighted by Gasteiger charge is 2.29. The highest BCUT2D eigenvalue weighted by molar-refractivity contribution is 7.89. The molecule has 6 nitrogen and oxygen atoms in total. The average Bonchev–Trinajstić information content (AvgIpc) is 2.93. The standard InChI is InChI=1S/C9H12BNO.C6H8N2O2S/c1-10-8-5-3-2-4-7(8)9(6-11)12-10;1-7-11(9,10)6-3-2-4-8-5-6/h2-5,9H,6,11H2,1H3;2-5,7H,1H3. The van der Waals surface area contributed by atoms with Crippen LogP contribution in [0.4, 0.5) is 0 Å².